The van der Waals surface area contributed by atoms with Crippen LogP contribution in [0.25, 0.3) is 0 Å². The van der Waals surface area contributed by atoms with Gasteiger partial charge in [-0.25, -0.2) is 8.78 Å². The first-order valence-electron chi connectivity index (χ1n) is 5.01. The molecule has 1 atom stereocenters. The summed E-state index contributed by atoms with van der Waals surface area (Å²) < 4.78 is 25.6. The number of aliphatic hydroxyl groups is 1. The highest BCUT2D eigenvalue weighted by Crippen LogP contribution is 2.36. The molecule has 0 aliphatic rings. The van der Waals surface area contributed by atoms with Gasteiger partial charge in [-0.05, 0) is 29.5 Å². The lowest BCUT2D eigenvalue weighted by molar-refractivity contribution is 0.0462. The standard InChI is InChI=1S/C12H16F2O/c1-4-12(2,3)11(15)8-5-6-9(13)10(14)7-8/h5-7,11,15H,4H2,1-3H3. The number of halogens is 2. The Morgan fingerprint density at radius 2 is 1.87 bits per heavy atom. The lowest BCUT2D eigenvalue weighted by atomic mass is 9.80. The van der Waals surface area contributed by atoms with E-state index in [1.165, 1.54) is 6.07 Å². The van der Waals surface area contributed by atoms with Crippen LogP contribution in [0.3, 0.4) is 0 Å². The molecule has 0 bridgehead atoms. The zero-order chi connectivity index (χ0) is 11.6. The second kappa shape index (κ2) is 4.27. The number of hydrogen-bond donors (Lipinski definition) is 1. The Kier molecular flexibility index (Phi) is 3.45. The van der Waals surface area contributed by atoms with Gasteiger partial charge in [0, 0.05) is 0 Å². The number of benzene rings is 1. The van der Waals surface area contributed by atoms with Crippen LogP contribution in [0.1, 0.15) is 38.9 Å². The third kappa shape index (κ3) is 2.53. The maximum Gasteiger partial charge on any atom is 0.159 e. The summed E-state index contributed by atoms with van der Waals surface area (Å²) in [5, 5.41) is 9.97. The van der Waals surface area contributed by atoms with E-state index in [4.69, 9.17) is 0 Å². The first-order valence-corrected chi connectivity index (χ1v) is 5.01. The second-order valence-corrected chi connectivity index (χ2v) is 4.42. The molecule has 1 aromatic carbocycles. The molecular formula is C12H16F2O. The fraction of sp³-hybridized carbons (Fsp3) is 0.500. The van der Waals surface area contributed by atoms with E-state index in [0.717, 1.165) is 18.6 Å². The van der Waals surface area contributed by atoms with Gasteiger partial charge in [0.2, 0.25) is 0 Å². The summed E-state index contributed by atoms with van der Waals surface area (Å²) in [6.07, 6.45) is -0.0229. The van der Waals surface area contributed by atoms with E-state index < -0.39 is 17.7 Å². The molecule has 0 heterocycles. The SMILES string of the molecule is CCC(C)(C)C(O)c1ccc(F)c(F)c1. The number of hydrogen-bond acceptors (Lipinski definition) is 1. The quantitative estimate of drug-likeness (QED) is 0.817. The van der Waals surface area contributed by atoms with Crippen LogP contribution < -0.4 is 0 Å². The van der Waals surface area contributed by atoms with Gasteiger partial charge in [0.1, 0.15) is 0 Å². The van der Waals surface area contributed by atoms with E-state index in [9.17, 15) is 13.9 Å². The molecule has 1 N–H and O–H groups in total. The molecule has 1 rings (SSSR count). The van der Waals surface area contributed by atoms with Gasteiger partial charge in [-0.15, -0.1) is 0 Å². The van der Waals surface area contributed by atoms with Crippen LogP contribution in [0.5, 0.6) is 0 Å². The minimum absolute atomic E-state index is 0.343. The molecule has 3 heteroatoms. The van der Waals surface area contributed by atoms with Crippen LogP contribution in [-0.4, -0.2) is 5.11 Å². The summed E-state index contributed by atoms with van der Waals surface area (Å²) in [7, 11) is 0. The number of aliphatic hydroxyl groups excluding tert-OH is 1. The average Bonchev–Trinajstić information content (AvgIpc) is 2.21. The van der Waals surface area contributed by atoms with Crippen LogP contribution in [0.15, 0.2) is 18.2 Å². The molecule has 1 aromatic rings. The van der Waals surface area contributed by atoms with Gasteiger partial charge in [0.15, 0.2) is 11.6 Å². The van der Waals surface area contributed by atoms with E-state index in [2.05, 4.69) is 0 Å². The minimum atomic E-state index is -0.918. The fourth-order valence-electron chi connectivity index (χ4n) is 1.33. The zero-order valence-corrected chi connectivity index (χ0v) is 9.22. The Bertz CT molecular complexity index is 347. The van der Waals surface area contributed by atoms with E-state index in [1.807, 2.05) is 20.8 Å². The van der Waals surface area contributed by atoms with Gasteiger partial charge in [-0.1, -0.05) is 26.8 Å². The Morgan fingerprint density at radius 1 is 1.27 bits per heavy atom. The third-order valence-electron chi connectivity index (χ3n) is 2.91. The highest BCUT2D eigenvalue weighted by atomic mass is 19.2. The normalized spacial score (nSPS) is 14.0. The summed E-state index contributed by atoms with van der Waals surface area (Å²) in [6, 6.07) is 3.51. The monoisotopic (exact) mass is 214 g/mol. The van der Waals surface area contributed by atoms with E-state index in [-0.39, 0.29) is 5.41 Å². The molecule has 0 aliphatic heterocycles. The Morgan fingerprint density at radius 3 is 2.33 bits per heavy atom. The van der Waals surface area contributed by atoms with Crippen molar-refractivity contribution < 1.29 is 13.9 Å². The second-order valence-electron chi connectivity index (χ2n) is 4.42. The molecule has 15 heavy (non-hydrogen) atoms. The van der Waals surface area contributed by atoms with Crippen molar-refractivity contribution in [2.45, 2.75) is 33.3 Å². The van der Waals surface area contributed by atoms with Crippen molar-refractivity contribution in [1.29, 1.82) is 0 Å². The highest BCUT2D eigenvalue weighted by Gasteiger charge is 2.27. The largest absolute Gasteiger partial charge is 0.388 e. The van der Waals surface area contributed by atoms with Crippen molar-refractivity contribution in [2.75, 3.05) is 0 Å². The summed E-state index contributed by atoms with van der Waals surface area (Å²) in [5.74, 6) is -1.81. The maximum absolute atomic E-state index is 12.9. The maximum atomic E-state index is 12.9. The Balaban J connectivity index is 3.02. The van der Waals surface area contributed by atoms with Crippen molar-refractivity contribution in [2.24, 2.45) is 5.41 Å². The van der Waals surface area contributed by atoms with Gasteiger partial charge in [0.05, 0.1) is 6.10 Å². The lowest BCUT2D eigenvalue weighted by Crippen LogP contribution is -2.21. The predicted octanol–water partition coefficient (Wildman–Crippen LogP) is 3.43. The van der Waals surface area contributed by atoms with Crippen LogP contribution in [0.4, 0.5) is 8.78 Å². The predicted molar refractivity (Wildman–Crippen MR) is 55.4 cm³/mol. The van der Waals surface area contributed by atoms with Crippen molar-refractivity contribution in [3.8, 4) is 0 Å². The summed E-state index contributed by atoms with van der Waals surface area (Å²) in [5.41, 5.74) is 0.0744. The molecule has 0 saturated heterocycles. The molecule has 0 fully saturated rings. The Hall–Kier alpha value is -0.960. The van der Waals surface area contributed by atoms with Gasteiger partial charge in [-0.2, -0.15) is 0 Å². The fourth-order valence-corrected chi connectivity index (χ4v) is 1.33. The molecule has 0 radical (unpaired) electrons. The van der Waals surface area contributed by atoms with Crippen molar-refractivity contribution >= 4 is 0 Å². The number of rotatable bonds is 3. The molecule has 0 spiro atoms. The van der Waals surface area contributed by atoms with Crippen molar-refractivity contribution in [3.05, 3.63) is 35.4 Å². The smallest absolute Gasteiger partial charge is 0.159 e. The van der Waals surface area contributed by atoms with Crippen LogP contribution in [-0.2, 0) is 0 Å². The molecule has 0 saturated carbocycles. The van der Waals surface area contributed by atoms with Crippen LogP contribution >= 0.6 is 0 Å². The minimum Gasteiger partial charge on any atom is -0.388 e. The molecule has 1 unspecified atom stereocenters. The summed E-state index contributed by atoms with van der Waals surface area (Å²) in [4.78, 5) is 0. The topological polar surface area (TPSA) is 20.2 Å². The third-order valence-corrected chi connectivity index (χ3v) is 2.91. The van der Waals surface area contributed by atoms with Gasteiger partial charge < -0.3 is 5.11 Å². The van der Waals surface area contributed by atoms with E-state index >= 15 is 0 Å². The Labute approximate surface area is 88.7 Å². The zero-order valence-electron chi connectivity index (χ0n) is 9.22. The van der Waals surface area contributed by atoms with Crippen molar-refractivity contribution in [1.82, 2.24) is 0 Å². The van der Waals surface area contributed by atoms with Crippen LogP contribution in [0.2, 0.25) is 0 Å². The van der Waals surface area contributed by atoms with E-state index in [0.29, 0.717) is 5.56 Å². The summed E-state index contributed by atoms with van der Waals surface area (Å²) in [6.45, 7) is 5.72. The average molecular weight is 214 g/mol. The van der Waals surface area contributed by atoms with Crippen molar-refractivity contribution in [3.63, 3.8) is 0 Å². The van der Waals surface area contributed by atoms with Gasteiger partial charge >= 0.3 is 0 Å². The van der Waals surface area contributed by atoms with Gasteiger partial charge in [0.25, 0.3) is 0 Å². The van der Waals surface area contributed by atoms with E-state index in [1.54, 1.807) is 0 Å². The first kappa shape index (κ1) is 12.1. The molecule has 1 nitrogen and oxygen atoms in total. The summed E-state index contributed by atoms with van der Waals surface area (Å²) >= 11 is 0. The first-order chi connectivity index (χ1) is 6.88. The lowest BCUT2D eigenvalue weighted by Gasteiger charge is -2.29. The molecule has 0 amide bonds. The van der Waals surface area contributed by atoms with Crippen LogP contribution in [0, 0.1) is 17.0 Å². The van der Waals surface area contributed by atoms with Gasteiger partial charge in [-0.3, -0.25) is 0 Å². The molecule has 0 aliphatic carbocycles. The molecule has 0 aromatic heterocycles. The highest BCUT2D eigenvalue weighted by molar-refractivity contribution is 5.21. The molecular weight excluding hydrogens is 198 g/mol. The molecule has 84 valence electrons.